The fourth-order valence-electron chi connectivity index (χ4n) is 2.72. The van der Waals surface area contributed by atoms with Gasteiger partial charge in [-0.1, -0.05) is 26.8 Å². The second kappa shape index (κ2) is 7.18. The number of carbonyl (C=O) groups excluding carboxylic acids is 1. The van der Waals surface area contributed by atoms with Crippen molar-refractivity contribution in [1.29, 1.82) is 0 Å². The molecule has 1 aromatic rings. The highest BCUT2D eigenvalue weighted by atomic mass is 28.4. The predicted octanol–water partition coefficient (Wildman–Crippen LogP) is 4.46. The van der Waals surface area contributed by atoms with Crippen molar-refractivity contribution >= 4 is 26.9 Å². The first kappa shape index (κ1) is 23.0. The molecule has 0 amide bonds. The van der Waals surface area contributed by atoms with Gasteiger partial charge >= 0.3 is 13.1 Å². The van der Waals surface area contributed by atoms with Crippen molar-refractivity contribution in [2.24, 2.45) is 0 Å². The maximum absolute atomic E-state index is 12.6. The normalized spacial score (nSPS) is 18.9. The van der Waals surface area contributed by atoms with E-state index in [1.54, 1.807) is 6.07 Å². The maximum Gasteiger partial charge on any atom is 0.494 e. The Morgan fingerprint density at radius 2 is 1.57 bits per heavy atom. The molecule has 0 saturated carbocycles. The Hall–Kier alpha value is -1.31. The summed E-state index contributed by atoms with van der Waals surface area (Å²) in [5, 5.41) is 0.0111. The van der Waals surface area contributed by atoms with Crippen molar-refractivity contribution in [2.75, 3.05) is 7.11 Å². The Balaban J connectivity index is 2.52. The minimum Gasteiger partial charge on any atom is -0.543 e. The number of benzene rings is 1. The molecular formula is C21H35BO5Si. The topological polar surface area (TPSA) is 54.0 Å². The van der Waals surface area contributed by atoms with Gasteiger partial charge in [0.15, 0.2) is 0 Å². The Labute approximate surface area is 171 Å². The number of methoxy groups -OCH3 is 1. The van der Waals surface area contributed by atoms with E-state index < -0.39 is 32.6 Å². The fraction of sp³-hybridized carbons (Fsp3) is 0.667. The van der Waals surface area contributed by atoms with Crippen LogP contribution in [0.25, 0.3) is 0 Å². The second-order valence-electron chi connectivity index (χ2n) is 10.2. The molecule has 2 rings (SSSR count). The van der Waals surface area contributed by atoms with E-state index in [1.165, 1.54) is 7.11 Å². The van der Waals surface area contributed by atoms with Gasteiger partial charge in [0.05, 0.1) is 18.3 Å². The van der Waals surface area contributed by atoms with E-state index in [0.717, 1.165) is 11.0 Å². The van der Waals surface area contributed by atoms with Crippen LogP contribution in [0, 0.1) is 6.92 Å². The summed E-state index contributed by atoms with van der Waals surface area (Å²) in [6, 6.07) is 3.76. The van der Waals surface area contributed by atoms with E-state index in [1.807, 2.05) is 40.7 Å². The Morgan fingerprint density at radius 1 is 1.07 bits per heavy atom. The zero-order valence-electron chi connectivity index (χ0n) is 19.3. The number of carbonyl (C=O) groups is 1. The predicted molar refractivity (Wildman–Crippen MR) is 116 cm³/mol. The molecule has 0 atom stereocenters. The van der Waals surface area contributed by atoms with E-state index in [0.29, 0.717) is 11.3 Å². The third kappa shape index (κ3) is 4.16. The molecule has 1 fully saturated rings. The third-order valence-corrected chi connectivity index (χ3v) is 10.7. The summed E-state index contributed by atoms with van der Waals surface area (Å²) in [6.07, 6.45) is 0. The largest absolute Gasteiger partial charge is 0.543 e. The minimum absolute atomic E-state index is 0.0111. The van der Waals surface area contributed by atoms with Gasteiger partial charge in [-0.15, -0.1) is 0 Å². The molecule has 0 aromatic heterocycles. The first-order chi connectivity index (χ1) is 12.5. The average molecular weight is 406 g/mol. The molecule has 7 heteroatoms. The highest BCUT2D eigenvalue weighted by Crippen LogP contribution is 2.40. The molecule has 1 aliphatic heterocycles. The minimum atomic E-state index is -2.13. The fourth-order valence-corrected chi connectivity index (χ4v) is 3.81. The van der Waals surface area contributed by atoms with Crippen molar-refractivity contribution in [2.45, 2.75) is 84.7 Å². The molecule has 0 spiro atoms. The van der Waals surface area contributed by atoms with E-state index in [9.17, 15) is 4.79 Å². The molecule has 1 aromatic carbocycles. The molecule has 0 unspecified atom stereocenters. The number of ether oxygens (including phenoxy) is 1. The van der Waals surface area contributed by atoms with Crippen LogP contribution >= 0.6 is 0 Å². The first-order valence-electron chi connectivity index (χ1n) is 9.80. The average Bonchev–Trinajstić information content (AvgIpc) is 2.75. The zero-order chi connectivity index (χ0) is 21.7. The molecule has 1 heterocycles. The highest BCUT2D eigenvalue weighted by Gasteiger charge is 2.52. The molecule has 0 N–H and O–H groups in total. The van der Waals surface area contributed by atoms with E-state index >= 15 is 0 Å². The molecule has 0 aliphatic carbocycles. The van der Waals surface area contributed by atoms with Crippen molar-refractivity contribution in [3.05, 3.63) is 23.3 Å². The lowest BCUT2D eigenvalue weighted by atomic mass is 9.77. The zero-order valence-corrected chi connectivity index (χ0v) is 20.3. The molecule has 1 aliphatic rings. The van der Waals surface area contributed by atoms with Gasteiger partial charge in [0.25, 0.3) is 8.32 Å². The lowest BCUT2D eigenvalue weighted by molar-refractivity contribution is 0.00578. The number of rotatable bonds is 4. The highest BCUT2D eigenvalue weighted by molar-refractivity contribution is 6.74. The van der Waals surface area contributed by atoms with Gasteiger partial charge in [-0.3, -0.25) is 0 Å². The van der Waals surface area contributed by atoms with Gasteiger partial charge < -0.3 is 18.5 Å². The van der Waals surface area contributed by atoms with Gasteiger partial charge in [-0.2, -0.15) is 0 Å². The smallest absolute Gasteiger partial charge is 0.494 e. The van der Waals surface area contributed by atoms with Crippen molar-refractivity contribution in [3.8, 4) is 5.75 Å². The van der Waals surface area contributed by atoms with Crippen LogP contribution in [0.5, 0.6) is 5.75 Å². The first-order valence-corrected chi connectivity index (χ1v) is 12.7. The van der Waals surface area contributed by atoms with Crippen LogP contribution in [0.1, 0.15) is 64.4 Å². The van der Waals surface area contributed by atoms with Crippen LogP contribution in [-0.2, 0) is 14.0 Å². The molecule has 1 saturated heterocycles. The number of hydrogen-bond acceptors (Lipinski definition) is 5. The van der Waals surface area contributed by atoms with Crippen molar-refractivity contribution in [1.82, 2.24) is 0 Å². The Kier molecular flexibility index (Phi) is 5.90. The summed E-state index contributed by atoms with van der Waals surface area (Å²) in [6.45, 7) is 20.8. The van der Waals surface area contributed by atoms with Crippen LogP contribution in [0.15, 0.2) is 12.1 Å². The van der Waals surface area contributed by atoms with Crippen LogP contribution in [0.2, 0.25) is 18.1 Å². The maximum atomic E-state index is 12.6. The quantitative estimate of drug-likeness (QED) is 0.546. The van der Waals surface area contributed by atoms with Gasteiger partial charge in [0.1, 0.15) is 11.3 Å². The molecule has 156 valence electrons. The summed E-state index contributed by atoms with van der Waals surface area (Å²) >= 11 is 0. The van der Waals surface area contributed by atoms with Crippen molar-refractivity contribution in [3.63, 3.8) is 0 Å². The molecule has 0 radical (unpaired) electrons. The van der Waals surface area contributed by atoms with Gasteiger partial charge in [-0.25, -0.2) is 4.79 Å². The second-order valence-corrected chi connectivity index (χ2v) is 14.9. The van der Waals surface area contributed by atoms with E-state index in [2.05, 4.69) is 33.9 Å². The summed E-state index contributed by atoms with van der Waals surface area (Å²) < 4.78 is 23.9. The SMILES string of the molecule is COC(=O)c1cc(B2OC(C)(C)C(C)(C)O2)cc(C)c1O[Si](C)(C)C(C)(C)C. The lowest BCUT2D eigenvalue weighted by Crippen LogP contribution is -2.44. The van der Waals surface area contributed by atoms with Crippen LogP contribution in [0.4, 0.5) is 0 Å². The van der Waals surface area contributed by atoms with E-state index in [4.69, 9.17) is 18.5 Å². The number of esters is 1. The van der Waals surface area contributed by atoms with Gasteiger partial charge in [-0.05, 0) is 69.8 Å². The van der Waals surface area contributed by atoms with Crippen LogP contribution in [0.3, 0.4) is 0 Å². The monoisotopic (exact) mass is 406 g/mol. The Morgan fingerprint density at radius 3 is 2.00 bits per heavy atom. The van der Waals surface area contributed by atoms with Crippen molar-refractivity contribution < 1.29 is 23.3 Å². The van der Waals surface area contributed by atoms with Gasteiger partial charge in [0.2, 0.25) is 0 Å². The molecule has 5 nitrogen and oxygen atoms in total. The summed E-state index contributed by atoms with van der Waals surface area (Å²) in [7, 11) is -1.30. The van der Waals surface area contributed by atoms with E-state index in [-0.39, 0.29) is 5.04 Å². The molecule has 0 bridgehead atoms. The Bertz CT molecular complexity index is 749. The summed E-state index contributed by atoms with van der Waals surface area (Å²) in [4.78, 5) is 12.6. The third-order valence-electron chi connectivity index (χ3n) is 6.39. The van der Waals surface area contributed by atoms with Gasteiger partial charge in [0, 0.05) is 0 Å². The standard InChI is InChI=1S/C21H35BO5Si/c1-14-12-15(22-26-20(5,6)21(7,8)27-22)13-16(18(23)24-9)17(14)25-28(10,11)19(2,3)4/h12-13H,1-11H3. The molecular weight excluding hydrogens is 371 g/mol. The lowest BCUT2D eigenvalue weighted by Gasteiger charge is -2.37. The number of aryl methyl sites for hydroxylation is 1. The van der Waals surface area contributed by atoms with Crippen LogP contribution in [-0.4, -0.2) is 39.7 Å². The summed E-state index contributed by atoms with van der Waals surface area (Å²) in [5.41, 5.74) is 1.18. The number of hydrogen-bond donors (Lipinski definition) is 0. The molecule has 28 heavy (non-hydrogen) atoms. The van der Waals surface area contributed by atoms with Crippen LogP contribution < -0.4 is 9.89 Å². The summed E-state index contributed by atoms with van der Waals surface area (Å²) in [5.74, 6) is 0.175.